The largest absolute Gasteiger partial charge is 0.389 e. The molecule has 1 saturated carbocycles. The van der Waals surface area contributed by atoms with Gasteiger partial charge < -0.3 is 11.1 Å². The predicted octanol–water partition coefficient (Wildman–Crippen LogP) is 3.86. The highest BCUT2D eigenvalue weighted by Gasteiger charge is 2.21. The van der Waals surface area contributed by atoms with Crippen molar-refractivity contribution in [1.82, 2.24) is 4.98 Å². The van der Waals surface area contributed by atoms with Crippen LogP contribution in [0.3, 0.4) is 0 Å². The van der Waals surface area contributed by atoms with E-state index in [0.29, 0.717) is 16.9 Å². The number of nitrogens with zero attached hydrogens (tertiary/aromatic N) is 1. The molecule has 1 aromatic carbocycles. The molecule has 2 unspecified atom stereocenters. The lowest BCUT2D eigenvalue weighted by molar-refractivity contribution is 0.349. The highest BCUT2D eigenvalue weighted by atomic mass is 32.1. The standard InChI is InChI=1S/C17H21N3S/c1-11-6-2-4-8-14(11)19-16-10-13(17(18)21)12-7-3-5-9-15(12)20-16/h3,5,7,9-11,14H,2,4,6,8H2,1H3,(H2,18,21)(H,19,20). The van der Waals surface area contributed by atoms with Gasteiger partial charge in [0.2, 0.25) is 0 Å². The Labute approximate surface area is 130 Å². The number of nitrogens with one attached hydrogen (secondary N) is 1. The van der Waals surface area contributed by atoms with Crippen LogP contribution in [-0.2, 0) is 0 Å². The third-order valence-electron chi connectivity index (χ3n) is 4.43. The SMILES string of the molecule is CC1CCCCC1Nc1cc(C(N)=S)c2ccccc2n1. The van der Waals surface area contributed by atoms with Crippen molar-refractivity contribution in [3.05, 3.63) is 35.9 Å². The molecule has 0 amide bonds. The summed E-state index contributed by atoms with van der Waals surface area (Å²) < 4.78 is 0. The monoisotopic (exact) mass is 299 g/mol. The molecule has 2 aromatic rings. The Kier molecular flexibility index (Phi) is 4.06. The van der Waals surface area contributed by atoms with Crippen molar-refractivity contribution in [2.45, 2.75) is 38.6 Å². The van der Waals surface area contributed by atoms with E-state index < -0.39 is 0 Å². The van der Waals surface area contributed by atoms with Crippen LogP contribution in [0.15, 0.2) is 30.3 Å². The Morgan fingerprint density at radius 2 is 2.05 bits per heavy atom. The Morgan fingerprint density at radius 1 is 1.29 bits per heavy atom. The van der Waals surface area contributed by atoms with Crippen LogP contribution >= 0.6 is 12.2 Å². The maximum atomic E-state index is 5.89. The summed E-state index contributed by atoms with van der Waals surface area (Å²) in [6.07, 6.45) is 5.12. The number of hydrogen-bond donors (Lipinski definition) is 2. The Bertz CT molecular complexity index is 668. The first kappa shape index (κ1) is 14.3. The molecule has 3 N–H and O–H groups in total. The summed E-state index contributed by atoms with van der Waals surface area (Å²) in [5.74, 6) is 1.57. The highest BCUT2D eigenvalue weighted by molar-refractivity contribution is 7.80. The van der Waals surface area contributed by atoms with Crippen molar-refractivity contribution in [2.24, 2.45) is 11.7 Å². The number of benzene rings is 1. The van der Waals surface area contributed by atoms with Gasteiger partial charge in [0, 0.05) is 17.0 Å². The van der Waals surface area contributed by atoms with Gasteiger partial charge in [-0.1, -0.05) is 50.2 Å². The van der Waals surface area contributed by atoms with Gasteiger partial charge in [-0.05, 0) is 30.9 Å². The van der Waals surface area contributed by atoms with Crippen LogP contribution in [-0.4, -0.2) is 16.0 Å². The molecule has 1 aliphatic carbocycles. The summed E-state index contributed by atoms with van der Waals surface area (Å²) in [6, 6.07) is 10.5. The van der Waals surface area contributed by atoms with Gasteiger partial charge >= 0.3 is 0 Å². The molecular formula is C17H21N3S. The molecule has 1 fully saturated rings. The minimum absolute atomic E-state index is 0.424. The van der Waals surface area contributed by atoms with Crippen molar-refractivity contribution in [1.29, 1.82) is 0 Å². The van der Waals surface area contributed by atoms with Gasteiger partial charge in [-0.2, -0.15) is 0 Å². The van der Waals surface area contributed by atoms with Crippen LogP contribution < -0.4 is 11.1 Å². The second kappa shape index (κ2) is 5.98. The predicted molar refractivity (Wildman–Crippen MR) is 92.7 cm³/mol. The van der Waals surface area contributed by atoms with Gasteiger partial charge in [0.1, 0.15) is 10.8 Å². The van der Waals surface area contributed by atoms with E-state index in [9.17, 15) is 0 Å². The molecule has 2 atom stereocenters. The molecule has 0 bridgehead atoms. The van der Waals surface area contributed by atoms with E-state index in [4.69, 9.17) is 22.9 Å². The van der Waals surface area contributed by atoms with Crippen LogP contribution in [0.4, 0.5) is 5.82 Å². The Balaban J connectivity index is 1.97. The van der Waals surface area contributed by atoms with Gasteiger partial charge in [0.05, 0.1) is 5.52 Å². The molecule has 4 heteroatoms. The summed E-state index contributed by atoms with van der Waals surface area (Å²) in [4.78, 5) is 5.14. The number of anilines is 1. The quantitative estimate of drug-likeness (QED) is 0.845. The van der Waals surface area contributed by atoms with E-state index in [2.05, 4.69) is 12.2 Å². The van der Waals surface area contributed by atoms with Crippen molar-refractivity contribution in [3.8, 4) is 0 Å². The molecule has 3 rings (SSSR count). The normalized spacial score (nSPS) is 22.1. The number of pyridine rings is 1. The first-order valence-corrected chi connectivity index (χ1v) is 8.02. The first-order chi connectivity index (χ1) is 10.1. The van der Waals surface area contributed by atoms with Gasteiger partial charge in [-0.15, -0.1) is 0 Å². The van der Waals surface area contributed by atoms with E-state index in [1.54, 1.807) is 0 Å². The number of nitrogens with two attached hydrogens (primary N) is 1. The average molecular weight is 299 g/mol. The lowest BCUT2D eigenvalue weighted by atomic mass is 9.86. The minimum atomic E-state index is 0.424. The van der Waals surface area contributed by atoms with Crippen LogP contribution in [0.25, 0.3) is 10.9 Å². The molecule has 0 radical (unpaired) electrons. The summed E-state index contributed by atoms with van der Waals surface area (Å²) in [5, 5.41) is 4.61. The molecule has 110 valence electrons. The lowest BCUT2D eigenvalue weighted by Gasteiger charge is -2.30. The van der Waals surface area contributed by atoms with Gasteiger partial charge in [-0.3, -0.25) is 0 Å². The number of rotatable bonds is 3. The van der Waals surface area contributed by atoms with Crippen molar-refractivity contribution < 1.29 is 0 Å². The zero-order valence-corrected chi connectivity index (χ0v) is 13.1. The molecule has 0 saturated heterocycles. The van der Waals surface area contributed by atoms with Gasteiger partial charge in [0.15, 0.2) is 0 Å². The summed E-state index contributed by atoms with van der Waals surface area (Å²) in [5.41, 5.74) is 7.73. The Morgan fingerprint density at radius 3 is 2.81 bits per heavy atom. The summed E-state index contributed by atoms with van der Waals surface area (Å²) in [7, 11) is 0. The molecule has 3 nitrogen and oxygen atoms in total. The number of thiocarbonyl (C=S) groups is 1. The van der Waals surface area contributed by atoms with Gasteiger partial charge in [-0.25, -0.2) is 4.98 Å². The third kappa shape index (κ3) is 3.00. The molecule has 1 aliphatic rings. The van der Waals surface area contributed by atoms with Gasteiger partial charge in [0.25, 0.3) is 0 Å². The summed E-state index contributed by atoms with van der Waals surface area (Å²) >= 11 is 5.20. The van der Waals surface area contributed by atoms with Crippen LogP contribution in [0, 0.1) is 5.92 Å². The number of aromatic nitrogens is 1. The first-order valence-electron chi connectivity index (χ1n) is 7.61. The zero-order chi connectivity index (χ0) is 14.8. The fraction of sp³-hybridized carbons (Fsp3) is 0.412. The van der Waals surface area contributed by atoms with E-state index in [1.807, 2.05) is 30.3 Å². The smallest absolute Gasteiger partial charge is 0.127 e. The van der Waals surface area contributed by atoms with Crippen molar-refractivity contribution >= 4 is 33.9 Å². The van der Waals surface area contributed by atoms with Crippen molar-refractivity contribution in [2.75, 3.05) is 5.32 Å². The molecule has 0 aliphatic heterocycles. The van der Waals surface area contributed by atoms with Crippen LogP contribution in [0.1, 0.15) is 38.2 Å². The number of para-hydroxylation sites is 1. The fourth-order valence-corrected chi connectivity index (χ4v) is 3.34. The van der Waals surface area contributed by atoms with E-state index >= 15 is 0 Å². The minimum Gasteiger partial charge on any atom is -0.389 e. The van der Waals surface area contributed by atoms with E-state index in [0.717, 1.165) is 22.3 Å². The summed E-state index contributed by atoms with van der Waals surface area (Å²) in [6.45, 7) is 2.31. The molecular weight excluding hydrogens is 278 g/mol. The zero-order valence-electron chi connectivity index (χ0n) is 12.3. The topological polar surface area (TPSA) is 50.9 Å². The van der Waals surface area contributed by atoms with Crippen LogP contribution in [0.5, 0.6) is 0 Å². The molecule has 1 aromatic heterocycles. The second-order valence-electron chi connectivity index (χ2n) is 5.95. The third-order valence-corrected chi connectivity index (χ3v) is 4.65. The molecule has 21 heavy (non-hydrogen) atoms. The Hall–Kier alpha value is -1.68. The molecule has 1 heterocycles. The van der Waals surface area contributed by atoms with E-state index in [1.165, 1.54) is 25.7 Å². The van der Waals surface area contributed by atoms with Crippen molar-refractivity contribution in [3.63, 3.8) is 0 Å². The second-order valence-corrected chi connectivity index (χ2v) is 6.39. The number of hydrogen-bond acceptors (Lipinski definition) is 3. The highest BCUT2D eigenvalue weighted by Crippen LogP contribution is 2.28. The molecule has 0 spiro atoms. The lowest BCUT2D eigenvalue weighted by Crippen LogP contribution is -2.30. The van der Waals surface area contributed by atoms with Crippen LogP contribution in [0.2, 0.25) is 0 Å². The van der Waals surface area contributed by atoms with E-state index in [-0.39, 0.29) is 0 Å². The average Bonchev–Trinajstić information content (AvgIpc) is 2.48. The number of fused-ring (bicyclic) bond motifs is 1. The maximum absolute atomic E-state index is 5.89. The maximum Gasteiger partial charge on any atom is 0.127 e. The fourth-order valence-electron chi connectivity index (χ4n) is 3.17.